The molecule has 2 N–H and O–H groups in total. The highest BCUT2D eigenvalue weighted by atomic mass is 15.1. The lowest BCUT2D eigenvalue weighted by Gasteiger charge is -2.26. The summed E-state index contributed by atoms with van der Waals surface area (Å²) in [7, 11) is 0. The number of anilines is 1. The molecule has 266 valence electrons. The van der Waals surface area contributed by atoms with Crippen LogP contribution >= 0.6 is 0 Å². The van der Waals surface area contributed by atoms with Crippen LogP contribution in [0, 0.1) is 0 Å². The van der Waals surface area contributed by atoms with Crippen LogP contribution in [0.4, 0.5) is 5.82 Å². The summed E-state index contributed by atoms with van der Waals surface area (Å²) in [5, 5.41) is 11.3. The van der Waals surface area contributed by atoms with Gasteiger partial charge < -0.3 is 15.2 Å². The number of allylic oxidation sites excluding steroid dienone is 2. The predicted molar refractivity (Wildman–Crippen MR) is 235 cm³/mol. The van der Waals surface area contributed by atoms with Gasteiger partial charge in [-0.25, -0.2) is 0 Å². The van der Waals surface area contributed by atoms with Gasteiger partial charge >= 0.3 is 0 Å². The average molecular weight is 719 g/mol. The van der Waals surface area contributed by atoms with E-state index in [1.807, 2.05) is 0 Å². The molecule has 7 aromatic carbocycles. The van der Waals surface area contributed by atoms with E-state index in [1.165, 1.54) is 71.7 Å². The van der Waals surface area contributed by atoms with E-state index < -0.39 is 0 Å². The molecule has 2 aliphatic heterocycles. The summed E-state index contributed by atoms with van der Waals surface area (Å²) in [5.41, 5.74) is 15.5. The van der Waals surface area contributed by atoms with Gasteiger partial charge in [-0.05, 0) is 88.0 Å². The van der Waals surface area contributed by atoms with Crippen molar-refractivity contribution in [1.82, 2.24) is 14.5 Å². The Morgan fingerprint density at radius 2 is 1.21 bits per heavy atom. The zero-order chi connectivity index (χ0) is 37.0. The lowest BCUT2D eigenvalue weighted by Crippen LogP contribution is -2.21. The van der Waals surface area contributed by atoms with Gasteiger partial charge in [-0.2, -0.15) is 0 Å². The average Bonchev–Trinajstić information content (AvgIpc) is 3.80. The van der Waals surface area contributed by atoms with E-state index >= 15 is 0 Å². The summed E-state index contributed by atoms with van der Waals surface area (Å²) in [5.74, 6) is 1.13. The minimum absolute atomic E-state index is 0.0621. The van der Waals surface area contributed by atoms with Crippen molar-refractivity contribution < 1.29 is 0 Å². The smallest absolute Gasteiger partial charge is 0.119 e. The molecule has 0 bridgehead atoms. The maximum Gasteiger partial charge on any atom is 0.119 e. The van der Waals surface area contributed by atoms with E-state index in [1.54, 1.807) is 0 Å². The highest BCUT2D eigenvalue weighted by molar-refractivity contribution is 6.16. The fourth-order valence-corrected chi connectivity index (χ4v) is 8.78. The number of hydrogen-bond acceptors (Lipinski definition) is 2. The van der Waals surface area contributed by atoms with Crippen LogP contribution < -0.4 is 10.6 Å². The van der Waals surface area contributed by atoms with Crippen LogP contribution in [0.2, 0.25) is 0 Å². The van der Waals surface area contributed by atoms with Crippen LogP contribution in [0.15, 0.2) is 194 Å². The second-order valence-electron chi connectivity index (χ2n) is 14.6. The van der Waals surface area contributed by atoms with Crippen molar-refractivity contribution in [3.05, 3.63) is 216 Å². The fraction of sp³-hybridized carbons (Fsp3) is 0.0385. The molecule has 1 atom stereocenters. The third-order valence-electron chi connectivity index (χ3n) is 11.4. The van der Waals surface area contributed by atoms with Crippen LogP contribution in [0.3, 0.4) is 0 Å². The third-order valence-corrected chi connectivity index (χ3v) is 11.4. The first kappa shape index (κ1) is 32.2. The Kier molecular flexibility index (Phi) is 7.59. The Balaban J connectivity index is 1.05. The standard InChI is InChI=1S/C52H38N4/c1-4-14-36(15-5-1)46-32-39(33-47(54-46)37-16-6-2-7-17-37)35-25-28-41(29-26-35)56-50-34-38(27-30-43(50)44-22-13-31-53-52(44)56)42-21-12-24-49-51(42)45-20-10-11-23-48(45)55(49)40-18-8-3-9-19-40/h1-30,32-34,46,53-54H,31H2. The highest BCUT2D eigenvalue weighted by Crippen LogP contribution is 2.42. The number of dihydropyridines is 1. The normalized spacial score (nSPS) is 15.0. The van der Waals surface area contributed by atoms with Gasteiger partial charge in [0.1, 0.15) is 5.82 Å². The molecule has 9 aromatic rings. The molecule has 0 amide bonds. The number of nitrogens with zero attached hydrogens (tertiary/aromatic N) is 2. The number of aromatic nitrogens is 2. The molecule has 2 aromatic heterocycles. The van der Waals surface area contributed by atoms with Crippen molar-refractivity contribution in [2.24, 2.45) is 0 Å². The number of rotatable bonds is 6. The molecule has 0 saturated carbocycles. The lowest BCUT2D eigenvalue weighted by atomic mass is 9.93. The maximum absolute atomic E-state index is 3.79. The van der Waals surface area contributed by atoms with Gasteiger partial charge in [0.05, 0.1) is 22.6 Å². The molecule has 4 nitrogen and oxygen atoms in total. The zero-order valence-electron chi connectivity index (χ0n) is 30.7. The number of benzene rings is 7. The molecule has 0 fully saturated rings. The van der Waals surface area contributed by atoms with Gasteiger partial charge in [-0.15, -0.1) is 0 Å². The quantitative estimate of drug-likeness (QED) is 0.179. The lowest BCUT2D eigenvalue weighted by molar-refractivity contribution is 0.767. The van der Waals surface area contributed by atoms with Crippen LogP contribution in [0.5, 0.6) is 0 Å². The zero-order valence-corrected chi connectivity index (χ0v) is 30.7. The summed E-state index contributed by atoms with van der Waals surface area (Å²) in [4.78, 5) is 0. The molecule has 1 unspecified atom stereocenters. The van der Waals surface area contributed by atoms with Crippen molar-refractivity contribution in [1.29, 1.82) is 0 Å². The Morgan fingerprint density at radius 1 is 0.518 bits per heavy atom. The van der Waals surface area contributed by atoms with E-state index in [0.717, 1.165) is 29.4 Å². The number of fused-ring (bicyclic) bond motifs is 6. The molecule has 0 aliphatic carbocycles. The van der Waals surface area contributed by atoms with Crippen LogP contribution in [-0.2, 0) is 0 Å². The second kappa shape index (κ2) is 13.2. The van der Waals surface area contributed by atoms with Crippen molar-refractivity contribution >= 4 is 55.9 Å². The molecule has 11 rings (SSSR count). The van der Waals surface area contributed by atoms with E-state index in [-0.39, 0.29) is 6.04 Å². The summed E-state index contributed by atoms with van der Waals surface area (Å²) in [6, 6.07) is 63.6. The van der Waals surface area contributed by atoms with Crippen molar-refractivity contribution in [2.75, 3.05) is 11.9 Å². The van der Waals surface area contributed by atoms with Gasteiger partial charge in [0.2, 0.25) is 0 Å². The molecule has 0 radical (unpaired) electrons. The minimum atomic E-state index is 0.0621. The Hall–Kier alpha value is -7.30. The molecule has 2 aliphatic rings. The predicted octanol–water partition coefficient (Wildman–Crippen LogP) is 12.6. The molecule has 56 heavy (non-hydrogen) atoms. The monoisotopic (exact) mass is 718 g/mol. The summed E-state index contributed by atoms with van der Waals surface area (Å²) >= 11 is 0. The van der Waals surface area contributed by atoms with Crippen molar-refractivity contribution in [2.45, 2.75) is 6.04 Å². The van der Waals surface area contributed by atoms with Crippen LogP contribution in [-0.4, -0.2) is 15.7 Å². The molecule has 4 heteroatoms. The van der Waals surface area contributed by atoms with Gasteiger partial charge in [-0.3, -0.25) is 4.57 Å². The highest BCUT2D eigenvalue weighted by Gasteiger charge is 2.22. The summed E-state index contributed by atoms with van der Waals surface area (Å²) < 4.78 is 4.80. The fourth-order valence-electron chi connectivity index (χ4n) is 8.78. The summed E-state index contributed by atoms with van der Waals surface area (Å²) in [6.07, 6.45) is 9.11. The maximum atomic E-state index is 3.79. The van der Waals surface area contributed by atoms with Crippen LogP contribution in [0.25, 0.3) is 72.6 Å². The second-order valence-corrected chi connectivity index (χ2v) is 14.6. The first-order valence-corrected chi connectivity index (χ1v) is 19.4. The Bertz CT molecular complexity index is 3020. The molecule has 0 saturated heterocycles. The van der Waals surface area contributed by atoms with E-state index in [2.05, 4.69) is 220 Å². The Morgan fingerprint density at radius 3 is 2.04 bits per heavy atom. The molecular weight excluding hydrogens is 681 g/mol. The molecule has 4 heterocycles. The minimum Gasteiger partial charge on any atom is -0.374 e. The first-order valence-electron chi connectivity index (χ1n) is 19.4. The number of hydrogen-bond donors (Lipinski definition) is 2. The van der Waals surface area contributed by atoms with Gasteiger partial charge in [0, 0.05) is 45.3 Å². The van der Waals surface area contributed by atoms with Gasteiger partial charge in [-0.1, -0.05) is 146 Å². The first-order chi connectivity index (χ1) is 27.8. The SMILES string of the molecule is C1=Cc2c(n(-c3ccc(C4=CC(c5ccccc5)NC(c5ccccc5)=C4)cc3)c3cc(-c4cccc5c4c4ccccc4n5-c4ccccc4)ccc23)NC1. The van der Waals surface area contributed by atoms with E-state index in [0.29, 0.717) is 0 Å². The van der Waals surface area contributed by atoms with Gasteiger partial charge in [0.25, 0.3) is 0 Å². The van der Waals surface area contributed by atoms with Crippen LogP contribution in [0.1, 0.15) is 28.3 Å². The van der Waals surface area contributed by atoms with E-state index in [9.17, 15) is 0 Å². The number of para-hydroxylation sites is 2. The largest absolute Gasteiger partial charge is 0.374 e. The molecular formula is C52H38N4. The van der Waals surface area contributed by atoms with Crippen molar-refractivity contribution in [3.8, 4) is 22.5 Å². The topological polar surface area (TPSA) is 33.9 Å². The van der Waals surface area contributed by atoms with Crippen molar-refractivity contribution in [3.63, 3.8) is 0 Å². The number of nitrogens with one attached hydrogen (secondary N) is 2. The molecule has 0 spiro atoms. The Labute approximate surface area is 326 Å². The van der Waals surface area contributed by atoms with E-state index in [4.69, 9.17) is 0 Å². The summed E-state index contributed by atoms with van der Waals surface area (Å²) in [6.45, 7) is 0.792. The third kappa shape index (κ3) is 5.30. The van der Waals surface area contributed by atoms with Gasteiger partial charge in [0.15, 0.2) is 0 Å².